The lowest BCUT2D eigenvalue weighted by Gasteiger charge is -2.55. The lowest BCUT2D eigenvalue weighted by molar-refractivity contribution is -0.151. The Morgan fingerprint density at radius 2 is 1.69 bits per heavy atom. The smallest absolute Gasteiger partial charge is 0.225 e. The van der Waals surface area contributed by atoms with E-state index in [1.54, 1.807) is 32.1 Å². The van der Waals surface area contributed by atoms with Crippen LogP contribution in [0.3, 0.4) is 0 Å². The number of carbonyl (C=O) groups is 4. The van der Waals surface area contributed by atoms with E-state index >= 15 is 0 Å². The number of phenols is 1. The van der Waals surface area contributed by atoms with Crippen molar-refractivity contribution in [2.75, 3.05) is 53.9 Å². The number of nitrogens with one attached hydrogen (secondary N) is 1. The molecule has 5 N–H and O–H groups in total. The number of Topliss-reactive ketones (excluding diaryl/α,β-unsaturated/α-hetero) is 3. The summed E-state index contributed by atoms with van der Waals surface area (Å²) in [5.41, 5.74) is -3.12. The van der Waals surface area contributed by atoms with Gasteiger partial charge in [-0.05, 0) is 70.9 Å². The van der Waals surface area contributed by atoms with Gasteiger partial charge in [0.15, 0.2) is 17.2 Å². The molecule has 4 aliphatic carbocycles. The van der Waals surface area contributed by atoms with Crippen LogP contribution in [0.25, 0.3) is 0 Å². The van der Waals surface area contributed by atoms with Gasteiger partial charge in [0.2, 0.25) is 11.7 Å². The number of carbonyl (C=O) groups excluding carboxylic acids is 4. The zero-order valence-corrected chi connectivity index (χ0v) is 28.3. The molecular formula is C36H48N4O8. The van der Waals surface area contributed by atoms with Crippen molar-refractivity contribution < 1.29 is 39.6 Å². The topological polar surface area (TPSA) is 171 Å². The highest BCUT2D eigenvalue weighted by atomic mass is 16.3. The lowest BCUT2D eigenvalue weighted by atomic mass is 9.52. The second kappa shape index (κ2) is 12.7. The highest BCUT2D eigenvalue weighted by molar-refractivity contribution is 6.25. The number of amides is 1. The van der Waals surface area contributed by atoms with Crippen LogP contribution in [-0.2, 0) is 27.3 Å². The summed E-state index contributed by atoms with van der Waals surface area (Å²) >= 11 is 0. The van der Waals surface area contributed by atoms with E-state index in [9.17, 15) is 39.6 Å². The Labute approximate surface area is 281 Å². The maximum Gasteiger partial charge on any atom is 0.225 e. The van der Waals surface area contributed by atoms with Crippen molar-refractivity contribution in [3.05, 3.63) is 51.5 Å². The van der Waals surface area contributed by atoms with E-state index < -0.39 is 57.4 Å². The number of hydrogen-bond donors (Lipinski definition) is 5. The first-order chi connectivity index (χ1) is 22.8. The standard InChI is InChI=1S/C36H48N4O8/c1-20(41)26-31(44)29(38(3)4)24-17-35(19-39-12-14-40(15-13-39)34(47)21-8-6-5-7-9-21)16-23-22(18-37-2)10-11-25(42)27(23)30(43)28(35)33(46)36(24,48)32(26)45/h10-11,21,24,29,37,42,44,46,48H,5-9,12-19H2,1-4H3/t24-,29-,35-,36+/m0/s1. The first-order valence-electron chi connectivity index (χ1n) is 17.1. The van der Waals surface area contributed by atoms with Gasteiger partial charge in [-0.25, -0.2) is 0 Å². The average molecular weight is 665 g/mol. The summed E-state index contributed by atoms with van der Waals surface area (Å²) in [5.74, 6) is -5.01. The van der Waals surface area contributed by atoms with Crippen LogP contribution in [0.5, 0.6) is 5.75 Å². The van der Waals surface area contributed by atoms with Gasteiger partial charge in [0.1, 0.15) is 22.8 Å². The zero-order chi connectivity index (χ0) is 34.7. The second-order valence-corrected chi connectivity index (χ2v) is 14.7. The largest absolute Gasteiger partial charge is 0.510 e. The van der Waals surface area contributed by atoms with E-state index in [0.717, 1.165) is 44.6 Å². The molecule has 12 nitrogen and oxygen atoms in total. The molecule has 0 bridgehead atoms. The van der Waals surface area contributed by atoms with Crippen LogP contribution < -0.4 is 5.32 Å². The third kappa shape index (κ3) is 5.28. The van der Waals surface area contributed by atoms with Crippen molar-refractivity contribution in [1.29, 1.82) is 0 Å². The predicted octanol–water partition coefficient (Wildman–Crippen LogP) is 2.04. The van der Waals surface area contributed by atoms with Gasteiger partial charge in [-0.2, -0.15) is 0 Å². The molecule has 48 heavy (non-hydrogen) atoms. The Morgan fingerprint density at radius 1 is 1.02 bits per heavy atom. The van der Waals surface area contributed by atoms with E-state index in [2.05, 4.69) is 10.2 Å². The summed E-state index contributed by atoms with van der Waals surface area (Å²) in [5, 5.41) is 49.9. The van der Waals surface area contributed by atoms with Crippen LogP contribution >= 0.6 is 0 Å². The molecule has 6 rings (SSSR count). The molecule has 1 aliphatic heterocycles. The summed E-state index contributed by atoms with van der Waals surface area (Å²) < 4.78 is 0. The molecule has 4 atom stereocenters. The Kier molecular flexibility index (Phi) is 9.08. The quantitative estimate of drug-likeness (QED) is 0.270. The number of aromatic hydroxyl groups is 1. The van der Waals surface area contributed by atoms with E-state index in [0.29, 0.717) is 38.3 Å². The number of likely N-dealkylation sites (N-methyl/N-ethyl adjacent to an activating group) is 1. The first kappa shape index (κ1) is 34.3. The summed E-state index contributed by atoms with van der Waals surface area (Å²) in [6.45, 7) is 3.89. The number of fused-ring (bicyclic) bond motifs is 3. The van der Waals surface area contributed by atoms with Gasteiger partial charge < -0.3 is 30.6 Å². The second-order valence-electron chi connectivity index (χ2n) is 14.7. The lowest BCUT2D eigenvalue weighted by Crippen LogP contribution is -2.66. The monoisotopic (exact) mass is 664 g/mol. The van der Waals surface area contributed by atoms with Gasteiger partial charge in [-0.1, -0.05) is 25.3 Å². The van der Waals surface area contributed by atoms with E-state index in [4.69, 9.17) is 0 Å². The molecule has 1 amide bonds. The summed E-state index contributed by atoms with van der Waals surface area (Å²) in [6.07, 6.45) is 5.38. The number of phenolic OH excluding ortho intramolecular Hbond substituents is 1. The number of piperazine rings is 1. The van der Waals surface area contributed by atoms with Crippen molar-refractivity contribution in [3.63, 3.8) is 0 Å². The maximum atomic E-state index is 14.6. The van der Waals surface area contributed by atoms with Crippen molar-refractivity contribution in [2.45, 2.75) is 70.1 Å². The molecule has 260 valence electrons. The fourth-order valence-corrected chi connectivity index (χ4v) is 9.32. The molecule has 1 heterocycles. The third-order valence-electron chi connectivity index (χ3n) is 11.6. The Hall–Kier alpha value is -3.58. The normalized spacial score (nSPS) is 30.0. The summed E-state index contributed by atoms with van der Waals surface area (Å²) in [4.78, 5) is 60.2. The van der Waals surface area contributed by atoms with Crippen LogP contribution in [0.1, 0.15) is 66.9 Å². The van der Waals surface area contributed by atoms with Crippen LogP contribution in [0.2, 0.25) is 0 Å². The summed E-state index contributed by atoms with van der Waals surface area (Å²) in [7, 11) is 5.10. The predicted molar refractivity (Wildman–Crippen MR) is 176 cm³/mol. The van der Waals surface area contributed by atoms with Gasteiger partial charge in [0.25, 0.3) is 0 Å². The number of nitrogens with zero attached hydrogens (tertiary/aromatic N) is 3. The van der Waals surface area contributed by atoms with Gasteiger partial charge in [0, 0.05) is 62.1 Å². The van der Waals surface area contributed by atoms with E-state index in [1.807, 2.05) is 4.90 Å². The highest BCUT2D eigenvalue weighted by Crippen LogP contribution is 2.58. The third-order valence-corrected chi connectivity index (χ3v) is 11.6. The van der Waals surface area contributed by atoms with Crippen LogP contribution in [-0.4, -0.2) is 124 Å². The fourth-order valence-electron chi connectivity index (χ4n) is 9.32. The molecular weight excluding hydrogens is 616 g/mol. The number of hydrogen-bond acceptors (Lipinski definition) is 11. The van der Waals surface area contributed by atoms with Crippen LogP contribution in [0.15, 0.2) is 34.8 Å². The molecule has 0 unspecified atom stereocenters. The minimum absolute atomic E-state index is 0.0162. The average Bonchev–Trinajstić information content (AvgIpc) is 3.04. The van der Waals surface area contributed by atoms with Gasteiger partial charge in [-0.15, -0.1) is 0 Å². The number of aliphatic hydroxyl groups is 3. The number of benzene rings is 1. The van der Waals surface area contributed by atoms with E-state index in [1.165, 1.54) is 6.07 Å². The van der Waals surface area contributed by atoms with Crippen molar-refractivity contribution in [1.82, 2.24) is 20.0 Å². The van der Waals surface area contributed by atoms with Gasteiger partial charge >= 0.3 is 0 Å². The molecule has 1 saturated carbocycles. The van der Waals surface area contributed by atoms with Crippen molar-refractivity contribution in [2.24, 2.45) is 17.3 Å². The van der Waals surface area contributed by atoms with Crippen molar-refractivity contribution in [3.8, 4) is 5.75 Å². The molecule has 5 aliphatic rings. The number of aliphatic hydroxyl groups excluding tert-OH is 2. The van der Waals surface area contributed by atoms with Crippen LogP contribution in [0.4, 0.5) is 0 Å². The molecule has 2 fully saturated rings. The van der Waals surface area contributed by atoms with Gasteiger partial charge in [0.05, 0.1) is 11.6 Å². The molecule has 12 heteroatoms. The fraction of sp³-hybridized carbons (Fsp3) is 0.611. The zero-order valence-electron chi connectivity index (χ0n) is 28.3. The molecule has 0 radical (unpaired) electrons. The van der Waals surface area contributed by atoms with E-state index in [-0.39, 0.29) is 48.1 Å². The minimum Gasteiger partial charge on any atom is -0.510 e. The molecule has 0 spiro atoms. The first-order valence-corrected chi connectivity index (χ1v) is 17.1. The molecule has 0 aromatic heterocycles. The number of ketones is 3. The Balaban J connectivity index is 1.45. The molecule has 1 aromatic carbocycles. The number of rotatable bonds is 7. The van der Waals surface area contributed by atoms with Crippen molar-refractivity contribution >= 4 is 23.3 Å². The maximum absolute atomic E-state index is 14.6. The molecule has 1 aromatic rings. The van der Waals surface area contributed by atoms with Crippen LogP contribution in [0, 0.1) is 17.3 Å². The minimum atomic E-state index is -2.66. The van der Waals surface area contributed by atoms with Gasteiger partial charge in [-0.3, -0.25) is 29.0 Å². The highest BCUT2D eigenvalue weighted by Gasteiger charge is 2.66. The SMILES string of the molecule is CNCc1ccc(O)c2c1C[C@@]1(CN3CCN(C(=O)C4CCCCC4)CC3)C[C@H]3[C@H](N(C)C)C(O)=C(C(C)=O)C(=O)[C@@]3(O)C(O)=C1C2=O. The Bertz CT molecular complexity index is 1600. The summed E-state index contributed by atoms with van der Waals surface area (Å²) in [6, 6.07) is 2.17. The Morgan fingerprint density at radius 3 is 2.29 bits per heavy atom. The molecule has 1 saturated heterocycles.